The lowest BCUT2D eigenvalue weighted by molar-refractivity contribution is -0.104. The molecule has 2 aromatic rings. The van der Waals surface area contributed by atoms with E-state index in [1.54, 1.807) is 7.05 Å². The fourth-order valence-electron chi connectivity index (χ4n) is 3.01. The van der Waals surface area contributed by atoms with E-state index < -0.39 is 11.6 Å². The number of nitrogens with zero attached hydrogens (tertiary/aromatic N) is 4. The monoisotopic (exact) mass is 433 g/mol. The minimum atomic E-state index is -0.819. The van der Waals surface area contributed by atoms with Crippen molar-refractivity contribution in [3.63, 3.8) is 0 Å². The van der Waals surface area contributed by atoms with Crippen LogP contribution in [0.25, 0.3) is 5.83 Å². The summed E-state index contributed by atoms with van der Waals surface area (Å²) in [5.74, 6) is -1.09. The van der Waals surface area contributed by atoms with E-state index in [2.05, 4.69) is 27.1 Å². The number of carbonyl (C=O) groups excluding carboxylic acids is 1. The van der Waals surface area contributed by atoms with Gasteiger partial charge in [0.25, 0.3) is 0 Å². The van der Waals surface area contributed by atoms with Crippen LogP contribution in [-0.2, 0) is 17.8 Å². The Balaban J connectivity index is 1.92. The van der Waals surface area contributed by atoms with Gasteiger partial charge in [0, 0.05) is 19.2 Å². The van der Waals surface area contributed by atoms with Crippen LogP contribution < -0.4 is 10.2 Å². The first-order valence-electron chi connectivity index (χ1n) is 8.89. The van der Waals surface area contributed by atoms with Crippen molar-refractivity contribution in [2.75, 3.05) is 13.6 Å². The Morgan fingerprint density at radius 1 is 1.43 bits per heavy atom. The summed E-state index contributed by atoms with van der Waals surface area (Å²) in [5.41, 5.74) is 4.34. The van der Waals surface area contributed by atoms with E-state index in [0.29, 0.717) is 37.2 Å². The number of aromatic nitrogens is 2. The van der Waals surface area contributed by atoms with E-state index in [9.17, 15) is 13.6 Å². The van der Waals surface area contributed by atoms with Gasteiger partial charge in [0.1, 0.15) is 28.8 Å². The van der Waals surface area contributed by atoms with E-state index in [0.717, 1.165) is 17.7 Å². The molecule has 1 aromatic carbocycles. The topological polar surface area (TPSA) is 79.7 Å². The zero-order chi connectivity index (χ0) is 21.7. The number of hydrazone groups is 1. The molecule has 1 aromatic heterocycles. The Labute approximate surface area is 176 Å². The minimum Gasteiger partial charge on any atom is -0.438 e. The highest BCUT2D eigenvalue weighted by Gasteiger charge is 2.25. The number of hydrogen-bond donors (Lipinski definition) is 1. The summed E-state index contributed by atoms with van der Waals surface area (Å²) in [7, 11) is 1.63. The van der Waals surface area contributed by atoms with Crippen molar-refractivity contribution >= 4 is 29.9 Å². The first-order chi connectivity index (χ1) is 14.4. The Kier molecular flexibility index (Phi) is 6.73. The lowest BCUT2D eigenvalue weighted by atomic mass is 10.1. The molecule has 0 amide bonds. The van der Waals surface area contributed by atoms with Gasteiger partial charge in [-0.05, 0) is 24.6 Å². The number of benzene rings is 1. The second-order valence-electron chi connectivity index (χ2n) is 6.26. The predicted molar refractivity (Wildman–Crippen MR) is 109 cm³/mol. The van der Waals surface area contributed by atoms with Crippen molar-refractivity contribution in [2.45, 2.75) is 13.0 Å². The van der Waals surface area contributed by atoms with Crippen LogP contribution in [0.4, 0.5) is 8.78 Å². The van der Waals surface area contributed by atoms with E-state index in [1.807, 2.05) is 4.90 Å². The van der Waals surface area contributed by atoms with E-state index in [1.165, 1.54) is 18.6 Å². The molecule has 3 rings (SSSR count). The molecule has 2 heterocycles. The zero-order valence-electron chi connectivity index (χ0n) is 16.0. The standard InChI is InChI=1S/C20H18ClF2N5O2/c1-12(22)15-7-13(23)3-4-19(15)30-20-14-5-6-28(9-17(14)25-11-26-20)18(8-27-24-2)16(21)10-29/h3-4,7-8,10-11,24H,1,5-6,9H2,2H3/b18-16-,27-8-. The third-order valence-corrected chi connectivity index (χ3v) is 4.70. The van der Waals surface area contributed by atoms with Gasteiger partial charge in [-0.1, -0.05) is 18.2 Å². The summed E-state index contributed by atoms with van der Waals surface area (Å²) in [6.07, 6.45) is 3.79. The molecule has 0 aliphatic carbocycles. The third kappa shape index (κ3) is 4.62. The maximum Gasteiger partial charge on any atom is 0.225 e. The number of carbonyl (C=O) groups is 1. The Hall–Kier alpha value is -3.33. The number of halogens is 3. The molecular formula is C20H18ClF2N5O2. The van der Waals surface area contributed by atoms with E-state index >= 15 is 0 Å². The molecule has 7 nitrogen and oxygen atoms in total. The molecule has 0 bridgehead atoms. The van der Waals surface area contributed by atoms with Crippen molar-refractivity contribution in [2.24, 2.45) is 5.10 Å². The second-order valence-corrected chi connectivity index (χ2v) is 6.66. The van der Waals surface area contributed by atoms with Crippen LogP contribution >= 0.6 is 11.6 Å². The molecular weight excluding hydrogens is 416 g/mol. The van der Waals surface area contributed by atoms with Gasteiger partial charge in [-0.2, -0.15) is 5.10 Å². The van der Waals surface area contributed by atoms with Crippen LogP contribution in [0.1, 0.15) is 16.8 Å². The molecule has 0 fully saturated rings. The summed E-state index contributed by atoms with van der Waals surface area (Å²) >= 11 is 6.04. The summed E-state index contributed by atoms with van der Waals surface area (Å²) in [6, 6.07) is 3.49. The molecule has 156 valence electrons. The molecule has 30 heavy (non-hydrogen) atoms. The number of rotatable bonds is 7. The zero-order valence-corrected chi connectivity index (χ0v) is 16.8. The van der Waals surface area contributed by atoms with Crippen LogP contribution in [0.15, 0.2) is 46.9 Å². The fourth-order valence-corrected chi connectivity index (χ4v) is 3.17. The highest BCUT2D eigenvalue weighted by atomic mass is 35.5. The number of nitrogens with one attached hydrogen (secondary N) is 1. The van der Waals surface area contributed by atoms with Crippen molar-refractivity contribution in [1.29, 1.82) is 0 Å². The van der Waals surface area contributed by atoms with Gasteiger partial charge >= 0.3 is 0 Å². The molecule has 0 atom stereocenters. The Morgan fingerprint density at radius 2 is 2.23 bits per heavy atom. The van der Waals surface area contributed by atoms with Crippen molar-refractivity contribution in [1.82, 2.24) is 20.3 Å². The highest BCUT2D eigenvalue weighted by molar-refractivity contribution is 6.40. The largest absolute Gasteiger partial charge is 0.438 e. The first kappa shape index (κ1) is 21.4. The molecule has 10 heteroatoms. The smallest absolute Gasteiger partial charge is 0.225 e. The number of fused-ring (bicyclic) bond motifs is 1. The maximum atomic E-state index is 13.7. The lowest BCUT2D eigenvalue weighted by Crippen LogP contribution is -2.32. The summed E-state index contributed by atoms with van der Waals surface area (Å²) in [6.45, 7) is 4.03. The number of aldehydes is 1. The lowest BCUT2D eigenvalue weighted by Gasteiger charge is -2.31. The minimum absolute atomic E-state index is 0.0143. The summed E-state index contributed by atoms with van der Waals surface area (Å²) in [4.78, 5) is 21.5. The summed E-state index contributed by atoms with van der Waals surface area (Å²) < 4.78 is 33.0. The number of hydrogen-bond acceptors (Lipinski definition) is 7. The van der Waals surface area contributed by atoms with E-state index in [4.69, 9.17) is 16.3 Å². The number of allylic oxidation sites excluding steroid dienone is 2. The molecule has 1 N–H and O–H groups in total. The van der Waals surface area contributed by atoms with Gasteiger partial charge in [0.2, 0.25) is 5.88 Å². The van der Waals surface area contributed by atoms with Gasteiger partial charge in [-0.15, -0.1) is 0 Å². The van der Waals surface area contributed by atoms with Crippen molar-refractivity contribution in [3.05, 3.63) is 64.5 Å². The Bertz CT molecular complexity index is 1040. The SMILES string of the molecule is C=C(F)c1cc(F)ccc1Oc1ncnc2c1CCN(C(/C=N\NC)=C(\Cl)C=O)C2. The van der Waals surface area contributed by atoms with Gasteiger partial charge < -0.3 is 15.1 Å². The predicted octanol–water partition coefficient (Wildman–Crippen LogP) is 3.56. The van der Waals surface area contributed by atoms with E-state index in [-0.39, 0.29) is 22.2 Å². The van der Waals surface area contributed by atoms with Gasteiger partial charge in [-0.3, -0.25) is 4.79 Å². The van der Waals surface area contributed by atoms with Crippen molar-refractivity contribution in [3.8, 4) is 11.6 Å². The van der Waals surface area contributed by atoms with Crippen molar-refractivity contribution < 1.29 is 18.3 Å². The molecule has 0 unspecified atom stereocenters. The average Bonchev–Trinajstić information content (AvgIpc) is 2.74. The molecule has 0 spiro atoms. The Morgan fingerprint density at radius 3 is 2.93 bits per heavy atom. The van der Waals surface area contributed by atoms with Gasteiger partial charge in [0.05, 0.1) is 29.7 Å². The third-order valence-electron chi connectivity index (χ3n) is 4.41. The maximum absolute atomic E-state index is 13.7. The normalized spacial score (nSPS) is 14.2. The van der Waals surface area contributed by atoms with Gasteiger partial charge in [0.15, 0.2) is 6.29 Å². The first-order valence-corrected chi connectivity index (χ1v) is 9.27. The fraction of sp³-hybridized carbons (Fsp3) is 0.200. The molecule has 0 saturated heterocycles. The van der Waals surface area contributed by atoms with Crippen LogP contribution in [-0.4, -0.2) is 41.0 Å². The van der Waals surface area contributed by atoms with Crippen LogP contribution in [0, 0.1) is 5.82 Å². The van der Waals surface area contributed by atoms with Crippen LogP contribution in [0.2, 0.25) is 0 Å². The average molecular weight is 434 g/mol. The summed E-state index contributed by atoms with van der Waals surface area (Å²) in [5, 5.41) is 3.94. The van der Waals surface area contributed by atoms with Crippen LogP contribution in [0.3, 0.4) is 0 Å². The molecule has 1 aliphatic rings. The van der Waals surface area contributed by atoms with Gasteiger partial charge in [-0.25, -0.2) is 18.7 Å². The quantitative estimate of drug-likeness (QED) is 0.311. The molecule has 0 radical (unpaired) electrons. The molecule has 0 saturated carbocycles. The number of ether oxygens (including phenoxy) is 1. The molecule has 1 aliphatic heterocycles. The second kappa shape index (κ2) is 9.45. The highest BCUT2D eigenvalue weighted by Crippen LogP contribution is 2.34. The van der Waals surface area contributed by atoms with Crippen LogP contribution in [0.5, 0.6) is 11.6 Å².